The van der Waals surface area contributed by atoms with Crippen LogP contribution in [0.4, 0.5) is 0 Å². The third kappa shape index (κ3) is 5.08. The summed E-state index contributed by atoms with van der Waals surface area (Å²) in [6.07, 6.45) is 1.17. The van der Waals surface area contributed by atoms with Crippen LogP contribution in [0.1, 0.15) is 6.92 Å². The molecule has 0 bridgehead atoms. The molecule has 0 aromatic heterocycles. The quantitative estimate of drug-likeness (QED) is 0.387. The van der Waals surface area contributed by atoms with Crippen molar-refractivity contribution in [1.82, 2.24) is 0 Å². The van der Waals surface area contributed by atoms with Crippen LogP contribution >= 0.6 is 0 Å². The lowest BCUT2D eigenvalue weighted by Crippen LogP contribution is -1.72. The molecule has 0 aliphatic heterocycles. The maximum Gasteiger partial charge on any atom is 0.111 e. The average molecular weight is 100 g/mol. The molecule has 0 aliphatic carbocycles. The lowest BCUT2D eigenvalue weighted by molar-refractivity contribution is 0.394. The van der Waals surface area contributed by atoms with Crippen LogP contribution in [0, 0.1) is 0 Å². The van der Waals surface area contributed by atoms with Gasteiger partial charge in [-0.05, 0) is 6.92 Å². The lowest BCUT2D eigenvalue weighted by atomic mass is 10.4. The molecule has 0 unspecified atom stereocenters. The van der Waals surface area contributed by atoms with Gasteiger partial charge in [-0.2, -0.15) is 0 Å². The third-order valence-electron chi connectivity index (χ3n) is 0.375. The Bertz CT molecular complexity index is 98.6. The fraction of sp³-hybridized carbons (Fsp3) is 0.200. The van der Waals surface area contributed by atoms with Gasteiger partial charge in [0.1, 0.15) is 5.76 Å². The lowest BCUT2D eigenvalue weighted by Gasteiger charge is -1.84. The van der Waals surface area contributed by atoms with Crippen LogP contribution in [0.15, 0.2) is 24.2 Å². The molecule has 0 radical (unpaired) electrons. The second-order valence-corrected chi connectivity index (χ2v) is 1.28. The van der Waals surface area contributed by atoms with E-state index in [-0.39, 0.29) is 11.5 Å². The van der Waals surface area contributed by atoms with Crippen LogP contribution in [0.2, 0.25) is 0 Å². The summed E-state index contributed by atoms with van der Waals surface area (Å²) < 4.78 is 0. The van der Waals surface area contributed by atoms with Crippen molar-refractivity contribution in [2.24, 2.45) is 0 Å². The Balaban J connectivity index is 3.68. The minimum Gasteiger partial charge on any atom is -0.512 e. The van der Waals surface area contributed by atoms with Crippen LogP contribution in [-0.4, -0.2) is 10.2 Å². The van der Waals surface area contributed by atoms with Gasteiger partial charge in [-0.1, -0.05) is 6.58 Å². The van der Waals surface area contributed by atoms with Crippen molar-refractivity contribution >= 4 is 0 Å². The summed E-state index contributed by atoms with van der Waals surface area (Å²) in [4.78, 5) is 0. The molecule has 0 amide bonds. The molecule has 40 valence electrons. The first-order chi connectivity index (χ1) is 3.13. The van der Waals surface area contributed by atoms with Gasteiger partial charge >= 0.3 is 0 Å². The zero-order valence-electron chi connectivity index (χ0n) is 4.18. The number of hydrogen-bond donors (Lipinski definition) is 2. The van der Waals surface area contributed by atoms with Crippen molar-refractivity contribution in [2.45, 2.75) is 6.92 Å². The van der Waals surface area contributed by atoms with Gasteiger partial charge in [0.25, 0.3) is 0 Å². The predicted molar refractivity (Wildman–Crippen MR) is 28.2 cm³/mol. The Morgan fingerprint density at radius 3 is 2.00 bits per heavy atom. The molecule has 0 fully saturated rings. The van der Waals surface area contributed by atoms with E-state index in [0.29, 0.717) is 0 Å². The Hall–Kier alpha value is -0.920. The van der Waals surface area contributed by atoms with E-state index in [1.54, 1.807) is 0 Å². The number of rotatable bonds is 1. The molecule has 0 saturated heterocycles. The zero-order valence-corrected chi connectivity index (χ0v) is 4.18. The fourth-order valence-electron chi connectivity index (χ4n) is 0.241. The average Bonchev–Trinajstić information content (AvgIpc) is 1.27. The van der Waals surface area contributed by atoms with Gasteiger partial charge in [-0.3, -0.25) is 0 Å². The van der Waals surface area contributed by atoms with E-state index in [9.17, 15) is 0 Å². The first-order valence-corrected chi connectivity index (χ1v) is 1.88. The van der Waals surface area contributed by atoms with Crippen molar-refractivity contribution in [3.05, 3.63) is 24.2 Å². The minimum atomic E-state index is -0.125. The molecule has 2 nitrogen and oxygen atoms in total. The van der Waals surface area contributed by atoms with Gasteiger partial charge in [-0.25, -0.2) is 0 Å². The Labute approximate surface area is 42.4 Å². The van der Waals surface area contributed by atoms with Crippen LogP contribution < -0.4 is 0 Å². The molecule has 0 spiro atoms. The molecule has 0 saturated carbocycles. The normalized spacial score (nSPS) is 11.3. The van der Waals surface area contributed by atoms with Gasteiger partial charge in [-0.15, -0.1) is 0 Å². The van der Waals surface area contributed by atoms with Gasteiger partial charge in [0.2, 0.25) is 0 Å². The Morgan fingerprint density at radius 1 is 1.57 bits per heavy atom. The predicted octanol–water partition coefficient (Wildman–Crippen LogP) is 1.52. The summed E-state index contributed by atoms with van der Waals surface area (Å²) in [6, 6.07) is 0. The van der Waals surface area contributed by atoms with Gasteiger partial charge in [0, 0.05) is 6.08 Å². The fourth-order valence-corrected chi connectivity index (χ4v) is 0.241. The van der Waals surface area contributed by atoms with E-state index in [4.69, 9.17) is 10.2 Å². The van der Waals surface area contributed by atoms with Crippen LogP contribution in [0.3, 0.4) is 0 Å². The van der Waals surface area contributed by atoms with Gasteiger partial charge in [0.15, 0.2) is 0 Å². The van der Waals surface area contributed by atoms with Crippen molar-refractivity contribution in [1.29, 1.82) is 0 Å². The van der Waals surface area contributed by atoms with E-state index < -0.39 is 0 Å². The van der Waals surface area contributed by atoms with E-state index in [1.165, 1.54) is 13.0 Å². The highest BCUT2D eigenvalue weighted by Crippen LogP contribution is 1.89. The summed E-state index contributed by atoms with van der Waals surface area (Å²) in [6.45, 7) is 4.57. The summed E-state index contributed by atoms with van der Waals surface area (Å²) in [5, 5.41) is 16.7. The van der Waals surface area contributed by atoms with Gasteiger partial charge < -0.3 is 10.2 Å². The van der Waals surface area contributed by atoms with Crippen LogP contribution in [0.25, 0.3) is 0 Å². The van der Waals surface area contributed by atoms with Crippen molar-refractivity contribution in [2.75, 3.05) is 0 Å². The SMILES string of the molecule is C=C(O)/C=C(\C)O. The van der Waals surface area contributed by atoms with Gasteiger partial charge in [0.05, 0.1) is 5.76 Å². The first-order valence-electron chi connectivity index (χ1n) is 1.88. The van der Waals surface area contributed by atoms with Crippen molar-refractivity contribution in [3.8, 4) is 0 Å². The molecular formula is C5H8O2. The molecule has 7 heavy (non-hydrogen) atoms. The maximum absolute atomic E-state index is 8.36. The minimum absolute atomic E-state index is 0.0625. The molecule has 0 atom stereocenters. The largest absolute Gasteiger partial charge is 0.512 e. The van der Waals surface area contributed by atoms with E-state index in [2.05, 4.69) is 6.58 Å². The topological polar surface area (TPSA) is 40.5 Å². The number of hydrogen-bond acceptors (Lipinski definition) is 2. The third-order valence-corrected chi connectivity index (χ3v) is 0.375. The van der Waals surface area contributed by atoms with E-state index >= 15 is 0 Å². The first kappa shape index (κ1) is 6.08. The Morgan fingerprint density at radius 2 is 2.00 bits per heavy atom. The number of aliphatic hydroxyl groups is 2. The standard InChI is InChI=1S/C5H8O2/c1-4(6)3-5(2)7/h3,6-7H,1H2,2H3/b5-3+. The Kier molecular flexibility index (Phi) is 1.99. The molecule has 0 heterocycles. The monoisotopic (exact) mass is 100 g/mol. The summed E-state index contributed by atoms with van der Waals surface area (Å²) in [7, 11) is 0. The second kappa shape index (κ2) is 2.29. The summed E-state index contributed by atoms with van der Waals surface area (Å²) in [5.41, 5.74) is 0. The zero-order chi connectivity index (χ0) is 5.86. The molecule has 2 N–H and O–H groups in total. The van der Waals surface area contributed by atoms with Crippen molar-refractivity contribution < 1.29 is 10.2 Å². The molecule has 0 rings (SSSR count). The highest BCUT2D eigenvalue weighted by atomic mass is 16.3. The van der Waals surface area contributed by atoms with Crippen LogP contribution in [-0.2, 0) is 0 Å². The van der Waals surface area contributed by atoms with E-state index in [0.717, 1.165) is 0 Å². The second-order valence-electron chi connectivity index (χ2n) is 1.28. The summed E-state index contributed by atoms with van der Waals surface area (Å²) in [5.74, 6) is -0.0625. The molecule has 2 heteroatoms. The highest BCUT2D eigenvalue weighted by molar-refractivity contribution is 5.07. The highest BCUT2D eigenvalue weighted by Gasteiger charge is 1.78. The maximum atomic E-state index is 8.36. The molecule has 0 aromatic carbocycles. The van der Waals surface area contributed by atoms with Crippen LogP contribution in [0.5, 0.6) is 0 Å². The van der Waals surface area contributed by atoms with E-state index in [1.807, 2.05) is 0 Å². The molecule has 0 aliphatic rings. The smallest absolute Gasteiger partial charge is 0.111 e. The molecular weight excluding hydrogens is 92.1 g/mol. The summed E-state index contributed by atoms with van der Waals surface area (Å²) >= 11 is 0. The van der Waals surface area contributed by atoms with Crippen molar-refractivity contribution in [3.63, 3.8) is 0 Å². The number of aliphatic hydroxyl groups excluding tert-OH is 2. The number of allylic oxidation sites excluding steroid dienone is 2. The molecule has 0 aromatic rings.